The summed E-state index contributed by atoms with van der Waals surface area (Å²) in [7, 11) is 0. The van der Waals surface area contributed by atoms with E-state index in [-0.39, 0.29) is 0 Å². The van der Waals surface area contributed by atoms with Gasteiger partial charge in [0.05, 0.1) is 17.9 Å². The summed E-state index contributed by atoms with van der Waals surface area (Å²) in [5, 5.41) is 8.58. The van der Waals surface area contributed by atoms with Gasteiger partial charge in [-0.15, -0.1) is 0 Å². The predicted molar refractivity (Wildman–Crippen MR) is 84.4 cm³/mol. The molecular formula is C16H25N5O. The van der Waals surface area contributed by atoms with E-state index in [1.165, 1.54) is 0 Å². The molecule has 1 fully saturated rings. The lowest BCUT2D eigenvalue weighted by Gasteiger charge is -2.33. The predicted octanol–water partition coefficient (Wildman–Crippen LogP) is 2.08. The Hall–Kier alpha value is -1.66. The highest BCUT2D eigenvalue weighted by molar-refractivity contribution is 5.03. The number of piperazine rings is 1. The maximum absolute atomic E-state index is 5.30. The van der Waals surface area contributed by atoms with Gasteiger partial charge in [-0.05, 0) is 26.8 Å². The Kier molecular flexibility index (Phi) is 4.59. The van der Waals surface area contributed by atoms with E-state index in [4.69, 9.17) is 4.52 Å². The molecular weight excluding hydrogens is 278 g/mol. The highest BCUT2D eigenvalue weighted by Crippen LogP contribution is 2.12. The molecule has 6 nitrogen and oxygen atoms in total. The zero-order valence-electron chi connectivity index (χ0n) is 13.7. The summed E-state index contributed by atoms with van der Waals surface area (Å²) >= 11 is 0. The van der Waals surface area contributed by atoms with Gasteiger partial charge in [0.15, 0.2) is 5.76 Å². The first-order chi connectivity index (χ1) is 10.6. The third-order valence-electron chi connectivity index (χ3n) is 4.10. The van der Waals surface area contributed by atoms with E-state index in [9.17, 15) is 0 Å². The Morgan fingerprint density at radius 1 is 1.14 bits per heavy atom. The van der Waals surface area contributed by atoms with E-state index >= 15 is 0 Å². The van der Waals surface area contributed by atoms with Crippen LogP contribution in [-0.2, 0) is 13.1 Å². The molecule has 6 heteroatoms. The van der Waals surface area contributed by atoms with Gasteiger partial charge in [0.25, 0.3) is 0 Å². The quantitative estimate of drug-likeness (QED) is 0.846. The van der Waals surface area contributed by atoms with Crippen molar-refractivity contribution in [2.75, 3.05) is 26.2 Å². The second-order valence-corrected chi connectivity index (χ2v) is 6.37. The molecule has 1 aliphatic heterocycles. The Balaban J connectivity index is 1.47. The molecule has 0 aliphatic carbocycles. The summed E-state index contributed by atoms with van der Waals surface area (Å²) < 4.78 is 7.32. The SMILES string of the molecule is Cc1cc(CN2CCN(Cc3ccn(C(C)C)n3)CC2)on1. The molecule has 0 N–H and O–H groups in total. The van der Waals surface area contributed by atoms with Gasteiger partial charge in [-0.2, -0.15) is 5.10 Å². The molecule has 0 aromatic carbocycles. The first kappa shape index (κ1) is 15.2. The molecule has 2 aromatic heterocycles. The van der Waals surface area contributed by atoms with Gasteiger partial charge in [-0.1, -0.05) is 5.16 Å². The summed E-state index contributed by atoms with van der Waals surface area (Å²) in [4.78, 5) is 4.89. The average molecular weight is 303 g/mol. The molecule has 0 saturated carbocycles. The molecule has 1 aliphatic rings. The van der Waals surface area contributed by atoms with Crippen molar-refractivity contribution in [1.29, 1.82) is 0 Å². The number of rotatable bonds is 5. The Bertz CT molecular complexity index is 595. The minimum Gasteiger partial charge on any atom is -0.360 e. The molecule has 0 atom stereocenters. The Morgan fingerprint density at radius 3 is 2.36 bits per heavy atom. The van der Waals surface area contributed by atoms with Crippen LogP contribution < -0.4 is 0 Å². The van der Waals surface area contributed by atoms with Crippen molar-refractivity contribution >= 4 is 0 Å². The van der Waals surface area contributed by atoms with E-state index in [1.807, 2.05) is 17.7 Å². The lowest BCUT2D eigenvalue weighted by Crippen LogP contribution is -2.45. The number of nitrogens with zero attached hydrogens (tertiary/aromatic N) is 5. The molecule has 0 radical (unpaired) electrons. The van der Waals surface area contributed by atoms with Gasteiger partial charge < -0.3 is 4.52 Å². The van der Waals surface area contributed by atoms with Crippen molar-refractivity contribution in [3.63, 3.8) is 0 Å². The van der Waals surface area contributed by atoms with Crippen molar-refractivity contribution in [2.45, 2.75) is 39.9 Å². The molecule has 0 spiro atoms. The molecule has 1 saturated heterocycles. The van der Waals surface area contributed by atoms with Crippen LogP contribution in [0.15, 0.2) is 22.9 Å². The van der Waals surface area contributed by atoms with Crippen molar-refractivity contribution in [3.05, 3.63) is 35.5 Å². The number of hydrogen-bond donors (Lipinski definition) is 0. The van der Waals surface area contributed by atoms with Crippen LogP contribution in [0.25, 0.3) is 0 Å². The maximum Gasteiger partial charge on any atom is 0.150 e. The van der Waals surface area contributed by atoms with Crippen LogP contribution in [0.3, 0.4) is 0 Å². The van der Waals surface area contributed by atoms with E-state index in [0.717, 1.165) is 56.4 Å². The molecule has 3 rings (SSSR count). The number of aryl methyl sites for hydroxylation is 1. The van der Waals surface area contributed by atoms with Crippen molar-refractivity contribution in [2.24, 2.45) is 0 Å². The van der Waals surface area contributed by atoms with Crippen LogP contribution in [0, 0.1) is 6.92 Å². The summed E-state index contributed by atoms with van der Waals surface area (Å²) in [6, 6.07) is 4.57. The lowest BCUT2D eigenvalue weighted by molar-refractivity contribution is 0.112. The molecule has 2 aromatic rings. The standard InChI is InChI=1S/C16H25N5O/c1-13(2)21-5-4-15(17-21)11-19-6-8-20(9-7-19)12-16-10-14(3)18-22-16/h4-5,10,13H,6-9,11-12H2,1-3H3. The highest BCUT2D eigenvalue weighted by atomic mass is 16.5. The van der Waals surface area contributed by atoms with Crippen LogP contribution in [0.5, 0.6) is 0 Å². The first-order valence-electron chi connectivity index (χ1n) is 8.01. The summed E-state index contributed by atoms with van der Waals surface area (Å²) in [5.74, 6) is 0.960. The van der Waals surface area contributed by atoms with Crippen LogP contribution in [-0.4, -0.2) is 50.9 Å². The van der Waals surface area contributed by atoms with Crippen LogP contribution in [0.1, 0.15) is 37.0 Å². The lowest BCUT2D eigenvalue weighted by atomic mass is 10.2. The smallest absolute Gasteiger partial charge is 0.150 e. The normalized spacial score (nSPS) is 17.5. The summed E-state index contributed by atoms with van der Waals surface area (Å²) in [6.45, 7) is 12.3. The fraction of sp³-hybridized carbons (Fsp3) is 0.625. The van der Waals surface area contributed by atoms with Gasteiger partial charge >= 0.3 is 0 Å². The average Bonchev–Trinajstić information content (AvgIpc) is 3.10. The molecule has 120 valence electrons. The molecule has 0 unspecified atom stereocenters. The van der Waals surface area contributed by atoms with Crippen molar-refractivity contribution < 1.29 is 4.52 Å². The maximum atomic E-state index is 5.30. The molecule has 3 heterocycles. The topological polar surface area (TPSA) is 50.3 Å². The fourth-order valence-electron chi connectivity index (χ4n) is 2.80. The summed E-state index contributed by atoms with van der Waals surface area (Å²) in [5.41, 5.74) is 2.11. The van der Waals surface area contributed by atoms with Gasteiger partial charge in [-0.25, -0.2) is 0 Å². The first-order valence-corrected chi connectivity index (χ1v) is 8.01. The number of aromatic nitrogens is 3. The van der Waals surface area contributed by atoms with Gasteiger partial charge in [0.1, 0.15) is 0 Å². The van der Waals surface area contributed by atoms with Crippen LogP contribution in [0.4, 0.5) is 0 Å². The van der Waals surface area contributed by atoms with Crippen LogP contribution >= 0.6 is 0 Å². The Morgan fingerprint density at radius 2 is 1.82 bits per heavy atom. The monoisotopic (exact) mass is 303 g/mol. The minimum atomic E-state index is 0.427. The highest BCUT2D eigenvalue weighted by Gasteiger charge is 2.19. The van der Waals surface area contributed by atoms with Crippen molar-refractivity contribution in [3.8, 4) is 0 Å². The zero-order chi connectivity index (χ0) is 15.5. The third-order valence-corrected chi connectivity index (χ3v) is 4.10. The van der Waals surface area contributed by atoms with Gasteiger partial charge in [-0.3, -0.25) is 14.5 Å². The third kappa shape index (κ3) is 3.75. The van der Waals surface area contributed by atoms with Gasteiger partial charge in [0.2, 0.25) is 0 Å². The Labute approximate surface area is 131 Å². The molecule has 22 heavy (non-hydrogen) atoms. The fourth-order valence-corrected chi connectivity index (χ4v) is 2.80. The molecule has 0 bridgehead atoms. The largest absolute Gasteiger partial charge is 0.360 e. The van der Waals surface area contributed by atoms with E-state index in [1.54, 1.807) is 0 Å². The molecule has 0 amide bonds. The van der Waals surface area contributed by atoms with Gasteiger partial charge in [0, 0.05) is 51.0 Å². The van der Waals surface area contributed by atoms with E-state index in [0.29, 0.717) is 6.04 Å². The zero-order valence-corrected chi connectivity index (χ0v) is 13.7. The van der Waals surface area contributed by atoms with Crippen molar-refractivity contribution in [1.82, 2.24) is 24.7 Å². The van der Waals surface area contributed by atoms with E-state index < -0.39 is 0 Å². The van der Waals surface area contributed by atoms with Crippen LogP contribution in [0.2, 0.25) is 0 Å². The second kappa shape index (κ2) is 6.62. The minimum absolute atomic E-state index is 0.427. The number of hydrogen-bond acceptors (Lipinski definition) is 5. The second-order valence-electron chi connectivity index (χ2n) is 6.37. The summed E-state index contributed by atoms with van der Waals surface area (Å²) in [6.07, 6.45) is 2.07. The van der Waals surface area contributed by atoms with E-state index in [2.05, 4.69) is 46.2 Å².